The lowest BCUT2D eigenvalue weighted by Crippen LogP contribution is -2.41. The van der Waals surface area contributed by atoms with Gasteiger partial charge in [0.2, 0.25) is 15.9 Å². The third kappa shape index (κ3) is 6.57. The molecular formula is C17H17Cl2FN2O4S. The molecule has 27 heavy (non-hydrogen) atoms. The number of hydrogen-bond acceptors (Lipinski definition) is 4. The third-order valence-corrected chi connectivity index (χ3v) is 5.04. The molecule has 0 radical (unpaired) electrons. The molecule has 0 atom stereocenters. The van der Waals surface area contributed by atoms with Crippen LogP contribution in [0.5, 0.6) is 5.75 Å². The quantitative estimate of drug-likeness (QED) is 0.647. The zero-order valence-corrected chi connectivity index (χ0v) is 16.6. The minimum absolute atomic E-state index is 0.111. The van der Waals surface area contributed by atoms with Crippen molar-refractivity contribution in [3.8, 4) is 5.75 Å². The fraction of sp³-hybridized carbons (Fsp3) is 0.235. The van der Waals surface area contributed by atoms with E-state index in [9.17, 15) is 17.6 Å². The minimum atomic E-state index is -3.75. The lowest BCUT2D eigenvalue weighted by Gasteiger charge is -2.23. The van der Waals surface area contributed by atoms with Crippen LogP contribution < -0.4 is 14.4 Å². The lowest BCUT2D eigenvalue weighted by molar-refractivity contribution is -0.119. The second kappa shape index (κ2) is 9.25. The molecule has 2 aromatic rings. The number of rotatable bonds is 8. The molecule has 0 spiro atoms. The number of sulfonamides is 1. The first-order chi connectivity index (χ1) is 12.7. The van der Waals surface area contributed by atoms with Crippen molar-refractivity contribution >= 4 is 44.8 Å². The van der Waals surface area contributed by atoms with Crippen LogP contribution in [0.15, 0.2) is 42.5 Å². The number of nitrogens with zero attached hydrogens (tertiary/aromatic N) is 1. The zero-order valence-electron chi connectivity index (χ0n) is 14.3. The molecule has 0 saturated heterocycles. The molecule has 6 nitrogen and oxygen atoms in total. The van der Waals surface area contributed by atoms with Gasteiger partial charge in [-0.1, -0.05) is 23.2 Å². The van der Waals surface area contributed by atoms with Gasteiger partial charge in [-0.25, -0.2) is 12.8 Å². The maximum absolute atomic E-state index is 12.8. The van der Waals surface area contributed by atoms with Crippen LogP contribution in [-0.2, 0) is 14.8 Å². The van der Waals surface area contributed by atoms with E-state index >= 15 is 0 Å². The van der Waals surface area contributed by atoms with Crippen LogP contribution >= 0.6 is 23.2 Å². The van der Waals surface area contributed by atoms with Gasteiger partial charge in [0, 0.05) is 5.02 Å². The van der Waals surface area contributed by atoms with Crippen LogP contribution in [0.25, 0.3) is 0 Å². The maximum atomic E-state index is 12.8. The maximum Gasteiger partial charge on any atom is 0.240 e. The highest BCUT2D eigenvalue weighted by Crippen LogP contribution is 2.30. The van der Waals surface area contributed by atoms with E-state index in [0.717, 1.165) is 10.6 Å². The predicted octanol–water partition coefficient (Wildman–Crippen LogP) is 3.09. The van der Waals surface area contributed by atoms with Gasteiger partial charge >= 0.3 is 0 Å². The molecule has 0 aliphatic carbocycles. The highest BCUT2D eigenvalue weighted by molar-refractivity contribution is 7.92. The van der Waals surface area contributed by atoms with Crippen molar-refractivity contribution in [2.75, 3.05) is 30.3 Å². The molecular weight excluding hydrogens is 418 g/mol. The van der Waals surface area contributed by atoms with Crippen LogP contribution in [0, 0.1) is 5.82 Å². The molecule has 0 unspecified atom stereocenters. The predicted molar refractivity (Wildman–Crippen MR) is 104 cm³/mol. The van der Waals surface area contributed by atoms with Crippen molar-refractivity contribution < 1.29 is 22.3 Å². The first-order valence-corrected chi connectivity index (χ1v) is 10.3. The first-order valence-electron chi connectivity index (χ1n) is 7.74. The minimum Gasteiger partial charge on any atom is -0.492 e. The number of benzene rings is 2. The lowest BCUT2D eigenvalue weighted by atomic mass is 10.3. The van der Waals surface area contributed by atoms with E-state index in [1.807, 2.05) is 0 Å². The number of amides is 1. The molecule has 0 aromatic heterocycles. The molecule has 0 aliphatic rings. The number of anilines is 1. The number of hydrogen-bond donors (Lipinski definition) is 1. The fourth-order valence-corrected chi connectivity index (χ4v) is 3.57. The molecule has 0 saturated carbocycles. The van der Waals surface area contributed by atoms with E-state index in [4.69, 9.17) is 27.9 Å². The Labute approximate surface area is 166 Å². The zero-order chi connectivity index (χ0) is 20.0. The number of ether oxygens (including phenoxy) is 1. The van der Waals surface area contributed by atoms with Gasteiger partial charge in [-0.3, -0.25) is 9.10 Å². The second-order valence-electron chi connectivity index (χ2n) is 5.52. The largest absolute Gasteiger partial charge is 0.492 e. The highest BCUT2D eigenvalue weighted by atomic mass is 35.5. The summed E-state index contributed by atoms with van der Waals surface area (Å²) < 4.78 is 43.1. The average molecular weight is 435 g/mol. The number of nitrogens with one attached hydrogen (secondary N) is 1. The molecule has 0 aliphatic heterocycles. The summed E-state index contributed by atoms with van der Waals surface area (Å²) in [5, 5.41) is 3.01. The first kappa shape index (κ1) is 21.3. The molecule has 0 fully saturated rings. The summed E-state index contributed by atoms with van der Waals surface area (Å²) in [4.78, 5) is 12.1. The van der Waals surface area contributed by atoms with Crippen LogP contribution in [0.2, 0.25) is 10.0 Å². The average Bonchev–Trinajstić information content (AvgIpc) is 2.58. The molecule has 1 amide bonds. The van der Waals surface area contributed by atoms with Crippen molar-refractivity contribution in [3.05, 3.63) is 58.3 Å². The fourth-order valence-electron chi connectivity index (χ4n) is 2.14. The monoisotopic (exact) mass is 434 g/mol. The Morgan fingerprint density at radius 3 is 2.44 bits per heavy atom. The van der Waals surface area contributed by atoms with Gasteiger partial charge in [-0.05, 0) is 42.5 Å². The van der Waals surface area contributed by atoms with Crippen LogP contribution in [-0.4, -0.2) is 40.3 Å². The van der Waals surface area contributed by atoms with Crippen molar-refractivity contribution in [2.45, 2.75) is 0 Å². The summed E-state index contributed by atoms with van der Waals surface area (Å²) in [6.45, 7) is -0.170. The van der Waals surface area contributed by atoms with Crippen molar-refractivity contribution in [1.82, 2.24) is 5.32 Å². The number of halogens is 3. The molecule has 0 bridgehead atoms. The molecule has 2 aromatic carbocycles. The third-order valence-electron chi connectivity index (χ3n) is 3.37. The highest BCUT2D eigenvalue weighted by Gasteiger charge is 2.23. The SMILES string of the molecule is CS(=O)(=O)N(CC(=O)NCCOc1ccc(F)cc1)c1ccc(Cl)cc1Cl. The van der Waals surface area contributed by atoms with Crippen LogP contribution in [0.3, 0.4) is 0 Å². The standard InChI is InChI=1S/C17H17Cl2FN2O4S/c1-27(24,25)22(16-7-2-12(18)10-15(16)19)11-17(23)21-8-9-26-14-5-3-13(20)4-6-14/h2-7,10H,8-9,11H2,1H3,(H,21,23). The van der Waals surface area contributed by atoms with Gasteiger partial charge in [0.1, 0.15) is 24.7 Å². The molecule has 1 N–H and O–H groups in total. The summed E-state index contributed by atoms with van der Waals surface area (Å²) in [6.07, 6.45) is 0.975. The van der Waals surface area contributed by atoms with Gasteiger partial charge in [-0.15, -0.1) is 0 Å². The summed E-state index contributed by atoms with van der Waals surface area (Å²) >= 11 is 11.9. The van der Waals surface area contributed by atoms with Gasteiger partial charge in [-0.2, -0.15) is 0 Å². The van der Waals surface area contributed by atoms with Gasteiger partial charge < -0.3 is 10.1 Å². The Hall–Kier alpha value is -2.03. The Morgan fingerprint density at radius 1 is 1.19 bits per heavy atom. The van der Waals surface area contributed by atoms with Gasteiger partial charge in [0.15, 0.2) is 0 Å². The molecule has 10 heteroatoms. The summed E-state index contributed by atoms with van der Waals surface area (Å²) in [5.41, 5.74) is 0.154. The Balaban J connectivity index is 1.93. The Bertz CT molecular complexity index is 908. The number of carbonyl (C=O) groups excluding carboxylic acids is 1. The Morgan fingerprint density at radius 2 is 1.85 bits per heavy atom. The van der Waals surface area contributed by atoms with E-state index < -0.39 is 22.5 Å². The van der Waals surface area contributed by atoms with Crippen molar-refractivity contribution in [1.29, 1.82) is 0 Å². The summed E-state index contributed by atoms with van der Waals surface area (Å²) in [7, 11) is -3.75. The van der Waals surface area contributed by atoms with E-state index in [0.29, 0.717) is 10.8 Å². The molecule has 0 heterocycles. The normalized spacial score (nSPS) is 11.1. The smallest absolute Gasteiger partial charge is 0.240 e. The van der Waals surface area contributed by atoms with E-state index in [2.05, 4.69) is 5.32 Å². The summed E-state index contributed by atoms with van der Waals surface area (Å²) in [5.74, 6) is -0.456. The van der Waals surface area contributed by atoms with Crippen LogP contribution in [0.1, 0.15) is 0 Å². The molecule has 146 valence electrons. The van der Waals surface area contributed by atoms with Crippen LogP contribution in [0.4, 0.5) is 10.1 Å². The van der Waals surface area contributed by atoms with E-state index in [1.165, 1.54) is 42.5 Å². The Kier molecular flexibility index (Phi) is 7.29. The van der Waals surface area contributed by atoms with Crippen molar-refractivity contribution in [2.24, 2.45) is 0 Å². The van der Waals surface area contributed by atoms with Gasteiger partial charge in [0.25, 0.3) is 0 Å². The topological polar surface area (TPSA) is 75.7 Å². The van der Waals surface area contributed by atoms with Gasteiger partial charge in [0.05, 0.1) is 23.5 Å². The molecule has 2 rings (SSSR count). The number of carbonyl (C=O) groups is 1. The van der Waals surface area contributed by atoms with Crippen molar-refractivity contribution in [3.63, 3.8) is 0 Å². The van der Waals surface area contributed by atoms with E-state index in [-0.39, 0.29) is 29.7 Å². The van der Waals surface area contributed by atoms with E-state index in [1.54, 1.807) is 0 Å². The second-order valence-corrected chi connectivity index (χ2v) is 8.27. The summed E-state index contributed by atoms with van der Waals surface area (Å²) in [6, 6.07) is 9.74.